The first kappa shape index (κ1) is 12.6. The zero-order valence-electron chi connectivity index (χ0n) is 10.7. The largest absolute Gasteiger partial charge is 0.314 e. The molecule has 1 amide bonds. The van der Waals surface area contributed by atoms with Gasteiger partial charge < -0.3 is 10.2 Å². The van der Waals surface area contributed by atoms with E-state index < -0.39 is 0 Å². The number of nitrogens with one attached hydrogen (secondary N) is 1. The Hall–Kier alpha value is -1.86. The number of nitriles is 1. The molecule has 4 nitrogen and oxygen atoms in total. The molecule has 0 bridgehead atoms. The van der Waals surface area contributed by atoms with E-state index in [-0.39, 0.29) is 11.4 Å². The Kier molecular flexibility index (Phi) is 3.35. The molecule has 1 aliphatic rings. The Morgan fingerprint density at radius 2 is 2.00 bits per heavy atom. The van der Waals surface area contributed by atoms with E-state index in [1.807, 2.05) is 30.9 Å². The minimum atomic E-state index is -0.262. The van der Waals surface area contributed by atoms with Gasteiger partial charge >= 0.3 is 0 Å². The van der Waals surface area contributed by atoms with Crippen molar-refractivity contribution in [2.75, 3.05) is 18.0 Å². The zero-order chi connectivity index (χ0) is 13.2. The molecule has 0 unspecified atom stereocenters. The topological polar surface area (TPSA) is 56.1 Å². The zero-order valence-corrected chi connectivity index (χ0v) is 10.7. The number of hydrogen-bond donors (Lipinski definition) is 1. The molecule has 0 atom stereocenters. The van der Waals surface area contributed by atoms with Gasteiger partial charge in [-0.15, -0.1) is 0 Å². The van der Waals surface area contributed by atoms with Crippen LogP contribution in [0.15, 0.2) is 24.3 Å². The van der Waals surface area contributed by atoms with Crippen LogP contribution in [0.1, 0.15) is 25.8 Å². The summed E-state index contributed by atoms with van der Waals surface area (Å²) in [6.45, 7) is 5.57. The number of benzene rings is 1. The second-order valence-corrected chi connectivity index (χ2v) is 5.13. The highest BCUT2D eigenvalue weighted by Crippen LogP contribution is 2.26. The summed E-state index contributed by atoms with van der Waals surface area (Å²) in [5, 5.41) is 12.1. The van der Waals surface area contributed by atoms with Gasteiger partial charge in [0.1, 0.15) is 0 Å². The van der Waals surface area contributed by atoms with Crippen LogP contribution in [-0.2, 0) is 4.79 Å². The standard InChI is InChI=1S/C14H17N3O/c1-14(2)10-16-8-7-13(18)17(14)12-5-3-11(9-15)4-6-12/h3-6,16H,7-8,10H2,1-2H3. The molecule has 4 heteroatoms. The van der Waals surface area contributed by atoms with Crippen molar-refractivity contribution in [1.82, 2.24) is 5.32 Å². The molecule has 1 saturated heterocycles. The Bertz CT molecular complexity index is 485. The molecule has 1 aliphatic heterocycles. The van der Waals surface area contributed by atoms with E-state index >= 15 is 0 Å². The van der Waals surface area contributed by atoms with Crippen LogP contribution in [0.5, 0.6) is 0 Å². The number of amides is 1. The third-order valence-corrected chi connectivity index (χ3v) is 3.18. The number of nitrogens with zero attached hydrogens (tertiary/aromatic N) is 2. The van der Waals surface area contributed by atoms with Gasteiger partial charge in [0.05, 0.1) is 17.2 Å². The van der Waals surface area contributed by atoms with Crippen LogP contribution in [0.4, 0.5) is 5.69 Å². The molecule has 1 aromatic carbocycles. The fourth-order valence-electron chi connectivity index (χ4n) is 2.30. The third kappa shape index (κ3) is 2.36. The summed E-state index contributed by atoms with van der Waals surface area (Å²) in [6, 6.07) is 9.25. The molecular formula is C14H17N3O. The quantitative estimate of drug-likeness (QED) is 0.816. The lowest BCUT2D eigenvalue weighted by Crippen LogP contribution is -2.51. The van der Waals surface area contributed by atoms with Gasteiger partial charge in [-0.1, -0.05) is 0 Å². The van der Waals surface area contributed by atoms with E-state index in [2.05, 4.69) is 11.4 Å². The first-order valence-electron chi connectivity index (χ1n) is 6.08. The second kappa shape index (κ2) is 4.79. The minimum absolute atomic E-state index is 0.120. The van der Waals surface area contributed by atoms with E-state index in [4.69, 9.17) is 5.26 Å². The van der Waals surface area contributed by atoms with E-state index in [1.165, 1.54) is 0 Å². The summed E-state index contributed by atoms with van der Waals surface area (Å²) in [6.07, 6.45) is 0.503. The van der Waals surface area contributed by atoms with E-state index in [0.717, 1.165) is 18.8 Å². The molecule has 0 aliphatic carbocycles. The van der Waals surface area contributed by atoms with Crippen molar-refractivity contribution in [3.8, 4) is 6.07 Å². The van der Waals surface area contributed by atoms with Crippen LogP contribution in [0.25, 0.3) is 0 Å². The highest BCUT2D eigenvalue weighted by molar-refractivity contribution is 5.95. The number of rotatable bonds is 1. The second-order valence-electron chi connectivity index (χ2n) is 5.13. The average molecular weight is 243 g/mol. The molecule has 1 N–H and O–H groups in total. The summed E-state index contributed by atoms with van der Waals surface area (Å²) in [5.41, 5.74) is 1.20. The first-order chi connectivity index (χ1) is 8.54. The molecular weight excluding hydrogens is 226 g/mol. The van der Waals surface area contributed by atoms with Crippen LogP contribution in [0, 0.1) is 11.3 Å². The molecule has 2 rings (SSSR count). The van der Waals surface area contributed by atoms with Crippen molar-refractivity contribution in [2.24, 2.45) is 0 Å². The summed E-state index contributed by atoms with van der Waals surface area (Å²) >= 11 is 0. The van der Waals surface area contributed by atoms with Gasteiger partial charge in [-0.2, -0.15) is 5.26 Å². The number of hydrogen-bond acceptors (Lipinski definition) is 3. The highest BCUT2D eigenvalue weighted by Gasteiger charge is 2.33. The van der Waals surface area contributed by atoms with Gasteiger partial charge in [0.15, 0.2) is 0 Å². The predicted octanol–water partition coefficient (Wildman–Crippen LogP) is 1.66. The lowest BCUT2D eigenvalue weighted by Gasteiger charge is -2.37. The van der Waals surface area contributed by atoms with E-state index in [1.54, 1.807) is 12.1 Å². The molecule has 0 spiro atoms. The maximum atomic E-state index is 12.2. The SMILES string of the molecule is CC1(C)CNCCC(=O)N1c1ccc(C#N)cc1. The smallest absolute Gasteiger partial charge is 0.228 e. The molecule has 0 aromatic heterocycles. The molecule has 1 aromatic rings. The molecule has 18 heavy (non-hydrogen) atoms. The number of anilines is 1. The minimum Gasteiger partial charge on any atom is -0.314 e. The maximum absolute atomic E-state index is 12.2. The Labute approximate surface area is 107 Å². The highest BCUT2D eigenvalue weighted by atomic mass is 16.2. The fourth-order valence-corrected chi connectivity index (χ4v) is 2.30. The van der Waals surface area contributed by atoms with Crippen LogP contribution < -0.4 is 10.2 Å². The van der Waals surface area contributed by atoms with Gasteiger partial charge in [-0.3, -0.25) is 4.79 Å². The molecule has 0 radical (unpaired) electrons. The van der Waals surface area contributed by atoms with Gasteiger partial charge in [-0.25, -0.2) is 0 Å². The van der Waals surface area contributed by atoms with E-state index in [0.29, 0.717) is 12.0 Å². The van der Waals surface area contributed by atoms with Gasteiger partial charge in [0, 0.05) is 25.2 Å². The van der Waals surface area contributed by atoms with Crippen molar-refractivity contribution in [2.45, 2.75) is 25.8 Å². The van der Waals surface area contributed by atoms with Crippen LogP contribution in [-0.4, -0.2) is 24.5 Å². The van der Waals surface area contributed by atoms with E-state index in [9.17, 15) is 4.79 Å². The van der Waals surface area contributed by atoms with Crippen molar-refractivity contribution >= 4 is 11.6 Å². The molecule has 1 fully saturated rings. The van der Waals surface area contributed by atoms with Crippen LogP contribution >= 0.6 is 0 Å². The summed E-state index contributed by atoms with van der Waals surface area (Å²) in [4.78, 5) is 14.0. The predicted molar refractivity (Wildman–Crippen MR) is 70.2 cm³/mol. The summed E-state index contributed by atoms with van der Waals surface area (Å²) < 4.78 is 0. The Morgan fingerprint density at radius 1 is 1.33 bits per heavy atom. The van der Waals surface area contributed by atoms with Crippen LogP contribution in [0.2, 0.25) is 0 Å². The number of carbonyl (C=O) groups excluding carboxylic acids is 1. The molecule has 94 valence electrons. The number of carbonyl (C=O) groups is 1. The van der Waals surface area contributed by atoms with Gasteiger partial charge in [-0.05, 0) is 38.1 Å². The summed E-state index contributed by atoms with van der Waals surface area (Å²) in [7, 11) is 0. The van der Waals surface area contributed by atoms with Crippen molar-refractivity contribution in [3.63, 3.8) is 0 Å². The fraction of sp³-hybridized carbons (Fsp3) is 0.429. The lowest BCUT2D eigenvalue weighted by molar-refractivity contribution is -0.119. The normalized spacial score (nSPS) is 19.2. The van der Waals surface area contributed by atoms with Crippen molar-refractivity contribution in [1.29, 1.82) is 5.26 Å². The van der Waals surface area contributed by atoms with Crippen LogP contribution in [0.3, 0.4) is 0 Å². The molecule has 0 saturated carbocycles. The average Bonchev–Trinajstić information content (AvgIpc) is 2.48. The van der Waals surface area contributed by atoms with Crippen molar-refractivity contribution < 1.29 is 4.79 Å². The Balaban J connectivity index is 2.38. The first-order valence-corrected chi connectivity index (χ1v) is 6.08. The Morgan fingerprint density at radius 3 is 2.61 bits per heavy atom. The summed E-state index contributed by atoms with van der Waals surface area (Å²) in [5.74, 6) is 0.120. The molecule has 1 heterocycles. The van der Waals surface area contributed by atoms with Gasteiger partial charge in [0.25, 0.3) is 0 Å². The van der Waals surface area contributed by atoms with Gasteiger partial charge in [0.2, 0.25) is 5.91 Å². The monoisotopic (exact) mass is 243 g/mol. The van der Waals surface area contributed by atoms with Crippen molar-refractivity contribution in [3.05, 3.63) is 29.8 Å². The maximum Gasteiger partial charge on any atom is 0.228 e. The third-order valence-electron chi connectivity index (χ3n) is 3.18. The lowest BCUT2D eigenvalue weighted by atomic mass is 10.0.